The maximum Gasteiger partial charge on any atom is 0.330 e. The number of amides is 1. The third-order valence-corrected chi connectivity index (χ3v) is 7.80. The fourth-order valence-corrected chi connectivity index (χ4v) is 5.29. The van der Waals surface area contributed by atoms with E-state index in [-0.39, 0.29) is 23.5 Å². The van der Waals surface area contributed by atoms with E-state index in [1.807, 2.05) is 0 Å². The van der Waals surface area contributed by atoms with Gasteiger partial charge in [-0.3, -0.25) is 9.78 Å². The molecule has 10 heteroatoms. The van der Waals surface area contributed by atoms with Crippen LogP contribution in [0, 0.1) is 0 Å². The molecule has 0 spiro atoms. The SMILES string of the molecule is O=C(N[C@@H](C(=O)O)c1ccccc1)c1ccc(CN(Cc2ccccn2)S(=O)(=O)c2ccc(Cl)cc2)cc1. The van der Waals surface area contributed by atoms with E-state index in [1.54, 1.807) is 66.9 Å². The Hall–Kier alpha value is -4.05. The van der Waals surface area contributed by atoms with Crippen LogP contribution in [0.3, 0.4) is 0 Å². The summed E-state index contributed by atoms with van der Waals surface area (Å²) in [5.74, 6) is -1.74. The molecular formula is C28H24ClN3O5S. The van der Waals surface area contributed by atoms with Gasteiger partial charge in [0.15, 0.2) is 6.04 Å². The van der Waals surface area contributed by atoms with E-state index < -0.39 is 27.9 Å². The van der Waals surface area contributed by atoms with Crippen molar-refractivity contribution in [3.63, 3.8) is 0 Å². The van der Waals surface area contributed by atoms with Gasteiger partial charge in [0.2, 0.25) is 10.0 Å². The number of carboxylic acids is 1. The van der Waals surface area contributed by atoms with E-state index in [9.17, 15) is 23.1 Å². The molecule has 0 aliphatic rings. The van der Waals surface area contributed by atoms with Gasteiger partial charge in [-0.1, -0.05) is 60.1 Å². The summed E-state index contributed by atoms with van der Waals surface area (Å²) in [5.41, 5.74) is 1.89. The van der Waals surface area contributed by atoms with Crippen LogP contribution in [0.25, 0.3) is 0 Å². The number of carboxylic acid groups (broad SMARTS) is 1. The molecule has 0 unspecified atom stereocenters. The van der Waals surface area contributed by atoms with Crippen molar-refractivity contribution < 1.29 is 23.1 Å². The third kappa shape index (κ3) is 6.63. The van der Waals surface area contributed by atoms with Crippen molar-refractivity contribution in [2.24, 2.45) is 0 Å². The highest BCUT2D eigenvalue weighted by atomic mass is 35.5. The Kier molecular flexibility index (Phi) is 8.52. The Morgan fingerprint density at radius 2 is 1.53 bits per heavy atom. The van der Waals surface area contributed by atoms with Gasteiger partial charge in [-0.2, -0.15) is 4.31 Å². The number of nitrogens with zero attached hydrogens (tertiary/aromatic N) is 2. The summed E-state index contributed by atoms with van der Waals surface area (Å²) in [4.78, 5) is 28.9. The van der Waals surface area contributed by atoms with Crippen LogP contribution in [-0.4, -0.2) is 34.7 Å². The van der Waals surface area contributed by atoms with E-state index in [4.69, 9.17) is 11.6 Å². The topological polar surface area (TPSA) is 117 Å². The van der Waals surface area contributed by atoms with E-state index in [2.05, 4.69) is 10.3 Å². The van der Waals surface area contributed by atoms with E-state index in [0.29, 0.717) is 21.8 Å². The van der Waals surface area contributed by atoms with Gasteiger partial charge in [0, 0.05) is 23.3 Å². The predicted molar refractivity (Wildman–Crippen MR) is 143 cm³/mol. The molecule has 1 aromatic heterocycles. The smallest absolute Gasteiger partial charge is 0.330 e. The molecule has 194 valence electrons. The number of halogens is 1. The minimum Gasteiger partial charge on any atom is -0.479 e. The molecule has 2 N–H and O–H groups in total. The van der Waals surface area contributed by atoms with Crippen molar-refractivity contribution >= 4 is 33.5 Å². The number of sulfonamides is 1. The summed E-state index contributed by atoms with van der Waals surface area (Å²) in [6, 6.07) is 24.7. The van der Waals surface area contributed by atoms with Gasteiger partial charge in [0.1, 0.15) is 0 Å². The first-order valence-corrected chi connectivity index (χ1v) is 13.4. The first kappa shape index (κ1) is 27.0. The van der Waals surface area contributed by atoms with Crippen LogP contribution in [0.15, 0.2) is 108 Å². The van der Waals surface area contributed by atoms with Gasteiger partial charge in [0.25, 0.3) is 5.91 Å². The molecule has 4 aromatic rings. The van der Waals surface area contributed by atoms with E-state index in [1.165, 1.54) is 40.7 Å². The number of aromatic nitrogens is 1. The largest absolute Gasteiger partial charge is 0.479 e. The van der Waals surface area contributed by atoms with Crippen LogP contribution in [0.5, 0.6) is 0 Å². The number of hydrogen-bond donors (Lipinski definition) is 2. The Bertz CT molecular complexity index is 1500. The highest BCUT2D eigenvalue weighted by Crippen LogP contribution is 2.23. The molecule has 3 aromatic carbocycles. The predicted octanol–water partition coefficient (Wildman–Crippen LogP) is 4.68. The molecule has 38 heavy (non-hydrogen) atoms. The molecule has 1 amide bonds. The van der Waals surface area contributed by atoms with Crippen molar-refractivity contribution in [2.75, 3.05) is 0 Å². The maximum atomic E-state index is 13.5. The lowest BCUT2D eigenvalue weighted by atomic mass is 10.1. The molecule has 0 fully saturated rings. The van der Waals surface area contributed by atoms with Crippen LogP contribution in [0.2, 0.25) is 5.02 Å². The second-order valence-electron chi connectivity index (χ2n) is 8.40. The summed E-state index contributed by atoms with van der Waals surface area (Å²) in [6.07, 6.45) is 1.59. The van der Waals surface area contributed by atoms with Gasteiger partial charge < -0.3 is 10.4 Å². The minimum atomic E-state index is -3.91. The summed E-state index contributed by atoms with van der Waals surface area (Å²) >= 11 is 5.94. The molecule has 0 aliphatic heterocycles. The highest BCUT2D eigenvalue weighted by Gasteiger charge is 2.26. The number of rotatable bonds is 10. The van der Waals surface area contributed by atoms with Gasteiger partial charge >= 0.3 is 5.97 Å². The Morgan fingerprint density at radius 1 is 0.868 bits per heavy atom. The van der Waals surface area contributed by atoms with Crippen LogP contribution in [-0.2, 0) is 27.9 Å². The lowest BCUT2D eigenvalue weighted by molar-refractivity contribution is -0.139. The summed E-state index contributed by atoms with van der Waals surface area (Å²) < 4.78 is 28.3. The lowest BCUT2D eigenvalue weighted by Crippen LogP contribution is -2.33. The number of pyridine rings is 1. The normalized spacial score (nSPS) is 12.2. The molecule has 0 saturated carbocycles. The number of nitrogens with one attached hydrogen (secondary N) is 1. The van der Waals surface area contributed by atoms with E-state index in [0.717, 1.165) is 0 Å². The Balaban J connectivity index is 1.55. The molecule has 0 aliphatic carbocycles. The van der Waals surface area contributed by atoms with Gasteiger partial charge in [-0.05, 0) is 59.7 Å². The summed E-state index contributed by atoms with van der Waals surface area (Å²) in [6.45, 7) is 0.0522. The zero-order valence-electron chi connectivity index (χ0n) is 20.1. The standard InChI is InChI=1S/C28H24ClN3O5S/c29-23-13-15-25(16-14-23)38(36,37)32(19-24-8-4-5-17-30-24)18-20-9-11-22(12-10-20)27(33)31-26(28(34)35)21-6-2-1-3-7-21/h1-17,26H,18-19H2,(H,31,33)(H,34,35)/t26-/m1/s1. The quantitative estimate of drug-likeness (QED) is 0.296. The van der Waals surface area contributed by atoms with Crippen molar-refractivity contribution in [1.82, 2.24) is 14.6 Å². The van der Waals surface area contributed by atoms with Crippen molar-refractivity contribution in [3.8, 4) is 0 Å². The zero-order chi connectivity index (χ0) is 27.1. The average molecular weight is 550 g/mol. The molecule has 4 rings (SSSR count). The zero-order valence-corrected chi connectivity index (χ0v) is 21.6. The number of hydrogen-bond acceptors (Lipinski definition) is 5. The number of carbonyl (C=O) groups excluding carboxylic acids is 1. The van der Waals surface area contributed by atoms with Crippen LogP contribution in [0.4, 0.5) is 0 Å². The average Bonchev–Trinajstić information content (AvgIpc) is 2.93. The molecule has 8 nitrogen and oxygen atoms in total. The molecule has 0 saturated heterocycles. The van der Waals surface area contributed by atoms with Gasteiger partial charge in [-0.15, -0.1) is 0 Å². The molecular weight excluding hydrogens is 526 g/mol. The van der Waals surface area contributed by atoms with Gasteiger partial charge in [0.05, 0.1) is 17.1 Å². The Morgan fingerprint density at radius 3 is 2.13 bits per heavy atom. The van der Waals surface area contributed by atoms with Crippen molar-refractivity contribution in [1.29, 1.82) is 0 Å². The molecule has 0 radical (unpaired) electrons. The number of aliphatic carboxylic acids is 1. The van der Waals surface area contributed by atoms with Crippen molar-refractivity contribution in [2.45, 2.75) is 24.0 Å². The highest BCUT2D eigenvalue weighted by molar-refractivity contribution is 7.89. The fraction of sp³-hybridized carbons (Fsp3) is 0.107. The van der Waals surface area contributed by atoms with E-state index >= 15 is 0 Å². The van der Waals surface area contributed by atoms with Gasteiger partial charge in [-0.25, -0.2) is 13.2 Å². The molecule has 0 bridgehead atoms. The molecule has 1 atom stereocenters. The maximum absolute atomic E-state index is 13.5. The first-order chi connectivity index (χ1) is 18.2. The first-order valence-electron chi connectivity index (χ1n) is 11.6. The number of benzene rings is 3. The third-order valence-electron chi connectivity index (χ3n) is 5.75. The summed E-state index contributed by atoms with van der Waals surface area (Å²) in [5, 5.41) is 12.5. The second-order valence-corrected chi connectivity index (χ2v) is 10.8. The van der Waals surface area contributed by atoms with Crippen LogP contribution < -0.4 is 5.32 Å². The summed E-state index contributed by atoms with van der Waals surface area (Å²) in [7, 11) is -3.91. The second kappa shape index (κ2) is 12.0. The Labute approximate surface area is 225 Å². The molecule has 1 heterocycles. The monoisotopic (exact) mass is 549 g/mol. The van der Waals surface area contributed by atoms with Crippen LogP contribution in [0.1, 0.15) is 33.2 Å². The van der Waals surface area contributed by atoms with Crippen molar-refractivity contribution in [3.05, 3.63) is 131 Å². The lowest BCUT2D eigenvalue weighted by Gasteiger charge is -2.22. The fourth-order valence-electron chi connectivity index (χ4n) is 3.77. The minimum absolute atomic E-state index is 0.0190. The van der Waals surface area contributed by atoms with Crippen LogP contribution >= 0.6 is 11.6 Å². The number of carbonyl (C=O) groups is 2.